The highest BCUT2D eigenvalue weighted by atomic mass is 35.5. The van der Waals surface area contributed by atoms with Crippen molar-refractivity contribution in [3.63, 3.8) is 0 Å². The van der Waals surface area contributed by atoms with E-state index < -0.39 is 46.2 Å². The average molecular weight is 582 g/mol. The van der Waals surface area contributed by atoms with Crippen LogP contribution in [0.1, 0.15) is 38.3 Å². The zero-order valence-electron chi connectivity index (χ0n) is 20.6. The molecule has 2 amide bonds. The highest BCUT2D eigenvalue weighted by Crippen LogP contribution is 2.32. The van der Waals surface area contributed by atoms with Crippen LogP contribution in [0, 0.1) is 0 Å². The molecule has 0 saturated heterocycles. The Labute approximate surface area is 224 Å². The molecule has 7 nitrogen and oxygen atoms in total. The van der Waals surface area contributed by atoms with Gasteiger partial charge in [-0.15, -0.1) is 0 Å². The van der Waals surface area contributed by atoms with E-state index in [4.69, 9.17) is 23.2 Å². The standard InChI is InChI=1S/C24H28Cl2F3N3O4S/c1-5-15(2)30-23(34)16(3)31(13-17-9-10-19(25)12-21(17)26)22(33)14-32(37(4,35)36)20-8-6-7-18(11-20)24(27,28)29/h6-12,15-16H,5,13-14H2,1-4H3,(H,30,34)/t15-,16-/m1/s1. The minimum atomic E-state index is -4.72. The molecule has 0 bridgehead atoms. The van der Waals surface area contributed by atoms with Crippen molar-refractivity contribution in [2.45, 2.75) is 52.0 Å². The van der Waals surface area contributed by atoms with E-state index in [1.165, 1.54) is 13.0 Å². The number of carbonyl (C=O) groups is 2. The van der Waals surface area contributed by atoms with Crippen molar-refractivity contribution in [1.82, 2.24) is 10.2 Å². The van der Waals surface area contributed by atoms with Gasteiger partial charge in [0.15, 0.2) is 0 Å². The highest BCUT2D eigenvalue weighted by Gasteiger charge is 2.34. The third-order valence-corrected chi connectivity index (χ3v) is 7.39. The fourth-order valence-corrected chi connectivity index (χ4v) is 4.64. The van der Waals surface area contributed by atoms with Crippen molar-refractivity contribution in [1.29, 1.82) is 0 Å². The molecule has 2 rings (SSSR count). The summed E-state index contributed by atoms with van der Waals surface area (Å²) in [6, 6.07) is 6.95. The third-order valence-electron chi connectivity index (χ3n) is 5.66. The molecule has 0 heterocycles. The van der Waals surface area contributed by atoms with E-state index in [0.717, 1.165) is 29.4 Å². The third kappa shape index (κ3) is 8.51. The molecule has 0 unspecified atom stereocenters. The summed E-state index contributed by atoms with van der Waals surface area (Å²) in [4.78, 5) is 27.5. The second kappa shape index (κ2) is 12.4. The molecule has 2 aromatic carbocycles. The predicted octanol–water partition coefficient (Wildman–Crippen LogP) is 5.11. The Morgan fingerprint density at radius 2 is 1.73 bits per heavy atom. The number of sulfonamides is 1. The first-order valence-electron chi connectivity index (χ1n) is 11.2. The van der Waals surface area contributed by atoms with Crippen molar-refractivity contribution in [2.75, 3.05) is 17.1 Å². The van der Waals surface area contributed by atoms with Gasteiger partial charge in [-0.3, -0.25) is 13.9 Å². The van der Waals surface area contributed by atoms with E-state index in [-0.39, 0.29) is 23.3 Å². The molecular weight excluding hydrogens is 554 g/mol. The van der Waals surface area contributed by atoms with Crippen LogP contribution in [0.4, 0.5) is 18.9 Å². The summed E-state index contributed by atoms with van der Waals surface area (Å²) in [7, 11) is -4.19. The van der Waals surface area contributed by atoms with Crippen LogP contribution in [0.2, 0.25) is 10.0 Å². The summed E-state index contributed by atoms with van der Waals surface area (Å²) in [5.74, 6) is -1.31. The van der Waals surface area contributed by atoms with Gasteiger partial charge in [0.2, 0.25) is 21.8 Å². The van der Waals surface area contributed by atoms with Crippen LogP contribution in [0.15, 0.2) is 42.5 Å². The molecular formula is C24H28Cl2F3N3O4S. The second-order valence-electron chi connectivity index (χ2n) is 8.57. The average Bonchev–Trinajstić information content (AvgIpc) is 2.80. The van der Waals surface area contributed by atoms with Crippen LogP contribution in [0.3, 0.4) is 0 Å². The number of anilines is 1. The molecule has 37 heavy (non-hydrogen) atoms. The summed E-state index contributed by atoms with van der Waals surface area (Å²) in [6.07, 6.45) is -3.31. The first-order valence-corrected chi connectivity index (χ1v) is 13.8. The monoisotopic (exact) mass is 581 g/mol. The molecule has 0 fully saturated rings. The number of rotatable bonds is 10. The molecule has 2 aromatic rings. The minimum absolute atomic E-state index is 0.176. The molecule has 13 heteroatoms. The van der Waals surface area contributed by atoms with E-state index in [2.05, 4.69) is 5.32 Å². The van der Waals surface area contributed by atoms with Crippen LogP contribution in [-0.4, -0.2) is 50.0 Å². The maximum absolute atomic E-state index is 13.5. The van der Waals surface area contributed by atoms with Crippen molar-refractivity contribution in [3.8, 4) is 0 Å². The van der Waals surface area contributed by atoms with E-state index >= 15 is 0 Å². The molecule has 0 aliphatic heterocycles. The zero-order valence-corrected chi connectivity index (χ0v) is 23.0. The van der Waals surface area contributed by atoms with Crippen LogP contribution in [0.25, 0.3) is 0 Å². The van der Waals surface area contributed by atoms with Gasteiger partial charge in [-0.05, 0) is 56.2 Å². The maximum atomic E-state index is 13.5. The van der Waals surface area contributed by atoms with Gasteiger partial charge in [0.05, 0.1) is 17.5 Å². The van der Waals surface area contributed by atoms with Gasteiger partial charge >= 0.3 is 6.18 Å². The molecule has 0 aliphatic carbocycles. The van der Waals surface area contributed by atoms with E-state index in [9.17, 15) is 31.2 Å². The molecule has 0 saturated carbocycles. The number of hydrogen-bond donors (Lipinski definition) is 1. The molecule has 0 radical (unpaired) electrons. The summed E-state index contributed by atoms with van der Waals surface area (Å²) < 4.78 is 65.4. The van der Waals surface area contributed by atoms with Crippen LogP contribution >= 0.6 is 23.2 Å². The number of nitrogens with one attached hydrogen (secondary N) is 1. The summed E-state index contributed by atoms with van der Waals surface area (Å²) in [5.41, 5.74) is -0.975. The maximum Gasteiger partial charge on any atom is 0.416 e. The van der Waals surface area contributed by atoms with Gasteiger partial charge in [0.1, 0.15) is 12.6 Å². The lowest BCUT2D eigenvalue weighted by Crippen LogP contribution is -2.52. The Morgan fingerprint density at radius 1 is 1.08 bits per heavy atom. The van der Waals surface area contributed by atoms with Gasteiger partial charge in [0, 0.05) is 22.6 Å². The lowest BCUT2D eigenvalue weighted by molar-refractivity contribution is -0.139. The molecule has 2 atom stereocenters. The number of alkyl halides is 3. The topological polar surface area (TPSA) is 86.8 Å². The normalized spacial score (nSPS) is 13.5. The Hall–Kier alpha value is -2.50. The number of halogens is 5. The minimum Gasteiger partial charge on any atom is -0.352 e. The lowest BCUT2D eigenvalue weighted by Gasteiger charge is -2.32. The second-order valence-corrected chi connectivity index (χ2v) is 11.3. The quantitative estimate of drug-likeness (QED) is 0.422. The number of amides is 2. The van der Waals surface area contributed by atoms with E-state index in [0.29, 0.717) is 27.4 Å². The number of carbonyl (C=O) groups excluding carboxylic acids is 2. The Bertz CT molecular complexity index is 1240. The van der Waals surface area contributed by atoms with Crippen LogP contribution < -0.4 is 9.62 Å². The summed E-state index contributed by atoms with van der Waals surface area (Å²) >= 11 is 12.2. The number of hydrogen-bond acceptors (Lipinski definition) is 4. The van der Waals surface area contributed by atoms with Crippen LogP contribution in [-0.2, 0) is 32.3 Å². The molecule has 0 aliphatic rings. The number of benzene rings is 2. The fourth-order valence-electron chi connectivity index (χ4n) is 3.33. The zero-order chi connectivity index (χ0) is 28.1. The van der Waals surface area contributed by atoms with Gasteiger partial charge in [0.25, 0.3) is 0 Å². The molecule has 0 aromatic heterocycles. The van der Waals surface area contributed by atoms with Crippen LogP contribution in [0.5, 0.6) is 0 Å². The predicted molar refractivity (Wildman–Crippen MR) is 138 cm³/mol. The first kappa shape index (κ1) is 30.7. The van der Waals surface area contributed by atoms with E-state index in [1.54, 1.807) is 19.1 Å². The van der Waals surface area contributed by atoms with Crippen molar-refractivity contribution < 1.29 is 31.2 Å². The van der Waals surface area contributed by atoms with Crippen molar-refractivity contribution in [3.05, 3.63) is 63.6 Å². The largest absolute Gasteiger partial charge is 0.416 e. The van der Waals surface area contributed by atoms with E-state index in [1.807, 2.05) is 6.92 Å². The van der Waals surface area contributed by atoms with Gasteiger partial charge in [-0.2, -0.15) is 13.2 Å². The summed E-state index contributed by atoms with van der Waals surface area (Å²) in [5, 5.41) is 3.34. The number of nitrogens with zero attached hydrogens (tertiary/aromatic N) is 2. The Morgan fingerprint density at radius 3 is 2.27 bits per heavy atom. The Kier molecular flexibility index (Phi) is 10.3. The molecule has 204 valence electrons. The van der Waals surface area contributed by atoms with Crippen molar-refractivity contribution >= 4 is 50.7 Å². The smallest absolute Gasteiger partial charge is 0.352 e. The molecule has 0 spiro atoms. The lowest BCUT2D eigenvalue weighted by atomic mass is 10.1. The Balaban J connectivity index is 2.48. The first-order chi connectivity index (χ1) is 17.0. The molecule has 1 N–H and O–H groups in total. The van der Waals surface area contributed by atoms with Crippen molar-refractivity contribution in [2.24, 2.45) is 0 Å². The SMILES string of the molecule is CC[C@@H](C)NC(=O)[C@@H](C)N(Cc1ccc(Cl)cc1Cl)C(=O)CN(c1cccc(C(F)(F)F)c1)S(C)(=O)=O. The van der Waals surface area contributed by atoms with Gasteiger partial charge in [-0.25, -0.2) is 8.42 Å². The van der Waals surface area contributed by atoms with Gasteiger partial charge < -0.3 is 10.2 Å². The fraction of sp³-hybridized carbons (Fsp3) is 0.417. The van der Waals surface area contributed by atoms with Gasteiger partial charge in [-0.1, -0.05) is 42.3 Å². The summed E-state index contributed by atoms with van der Waals surface area (Å²) in [6.45, 7) is 4.10. The highest BCUT2D eigenvalue weighted by molar-refractivity contribution is 7.92.